The molecule has 152 valence electrons. The van der Waals surface area contributed by atoms with Gasteiger partial charge in [-0.05, 0) is 32.0 Å². The number of aryl methyl sites for hydroxylation is 2. The van der Waals surface area contributed by atoms with Crippen molar-refractivity contribution in [2.75, 3.05) is 0 Å². The molecule has 2 aromatic heterocycles. The average Bonchev–Trinajstić information content (AvgIpc) is 3.32. The van der Waals surface area contributed by atoms with E-state index in [0.717, 1.165) is 11.3 Å². The van der Waals surface area contributed by atoms with Crippen LogP contribution in [-0.4, -0.2) is 31.3 Å². The van der Waals surface area contributed by atoms with Gasteiger partial charge in [-0.25, -0.2) is 4.98 Å². The molecule has 1 atom stereocenters. The number of carbonyl (C=O) groups is 1. The predicted molar refractivity (Wildman–Crippen MR) is 112 cm³/mol. The Morgan fingerprint density at radius 1 is 1.33 bits per heavy atom. The van der Waals surface area contributed by atoms with E-state index in [1.165, 1.54) is 0 Å². The molecule has 0 aliphatic rings. The third-order valence-electron chi connectivity index (χ3n) is 4.54. The molecule has 0 saturated carbocycles. The largest absolute Gasteiger partial charge is 0.346 e. The van der Waals surface area contributed by atoms with Gasteiger partial charge >= 0.3 is 0 Å². The minimum absolute atomic E-state index is 0.181. The summed E-state index contributed by atoms with van der Waals surface area (Å²) >= 11 is 6.10. The predicted octanol–water partition coefficient (Wildman–Crippen LogP) is 3.31. The van der Waals surface area contributed by atoms with Crippen molar-refractivity contribution < 1.29 is 4.79 Å². The minimum Gasteiger partial charge on any atom is -0.346 e. The molecule has 3 aromatic rings. The van der Waals surface area contributed by atoms with Crippen LogP contribution in [0.25, 0.3) is 11.3 Å². The molecule has 0 radical (unpaired) electrons. The van der Waals surface area contributed by atoms with E-state index in [0.29, 0.717) is 41.6 Å². The lowest BCUT2D eigenvalue weighted by atomic mass is 10.1. The summed E-state index contributed by atoms with van der Waals surface area (Å²) in [4.78, 5) is 16.8. The zero-order chi connectivity index (χ0) is 21.7. The van der Waals surface area contributed by atoms with Gasteiger partial charge in [0.1, 0.15) is 17.6 Å². The smallest absolute Gasteiger partial charge is 0.271 e. The van der Waals surface area contributed by atoms with Crippen LogP contribution < -0.4 is 5.32 Å². The second-order valence-corrected chi connectivity index (χ2v) is 7.29. The molecule has 0 unspecified atom stereocenters. The average molecular weight is 422 g/mol. The Bertz CT molecular complexity index is 1150. The summed E-state index contributed by atoms with van der Waals surface area (Å²) < 4.78 is 3.54. The fraction of sp³-hybridized carbons (Fsp3) is 0.286. The van der Waals surface area contributed by atoms with Gasteiger partial charge in [-0.2, -0.15) is 15.6 Å². The Kier molecular flexibility index (Phi) is 6.51. The van der Waals surface area contributed by atoms with Crippen LogP contribution >= 0.6 is 11.6 Å². The van der Waals surface area contributed by atoms with Crippen LogP contribution in [0, 0.1) is 29.6 Å². The van der Waals surface area contributed by atoms with Gasteiger partial charge in [0, 0.05) is 30.5 Å². The second kappa shape index (κ2) is 9.25. The monoisotopic (exact) mass is 421 g/mol. The normalized spacial score (nSPS) is 11.5. The highest BCUT2D eigenvalue weighted by molar-refractivity contribution is 6.32. The van der Waals surface area contributed by atoms with Crippen LogP contribution in [0.3, 0.4) is 0 Å². The van der Waals surface area contributed by atoms with Gasteiger partial charge in [0.2, 0.25) is 0 Å². The van der Waals surface area contributed by atoms with Gasteiger partial charge in [0.05, 0.1) is 35.3 Å². The maximum atomic E-state index is 12.5. The van der Waals surface area contributed by atoms with E-state index in [1.54, 1.807) is 40.6 Å². The van der Waals surface area contributed by atoms with Crippen molar-refractivity contribution in [1.29, 1.82) is 10.5 Å². The van der Waals surface area contributed by atoms with Crippen LogP contribution in [0.1, 0.15) is 35.2 Å². The summed E-state index contributed by atoms with van der Waals surface area (Å²) in [6, 6.07) is 11.0. The molecule has 1 N–H and O–H groups in total. The first kappa shape index (κ1) is 21.1. The first-order valence-electron chi connectivity index (χ1n) is 9.36. The Hall–Kier alpha value is -3.62. The van der Waals surface area contributed by atoms with Gasteiger partial charge in [-0.3, -0.25) is 9.48 Å². The van der Waals surface area contributed by atoms with Gasteiger partial charge < -0.3 is 9.88 Å². The summed E-state index contributed by atoms with van der Waals surface area (Å²) in [5.41, 5.74) is 2.28. The first-order valence-corrected chi connectivity index (χ1v) is 9.74. The van der Waals surface area contributed by atoms with Crippen molar-refractivity contribution in [2.45, 2.75) is 39.4 Å². The Balaban J connectivity index is 1.62. The number of imidazole rings is 1. The molecule has 0 fully saturated rings. The second-order valence-electron chi connectivity index (χ2n) is 6.88. The first-order chi connectivity index (χ1) is 14.4. The molecule has 0 aliphatic heterocycles. The lowest BCUT2D eigenvalue weighted by molar-refractivity contribution is 0.0931. The van der Waals surface area contributed by atoms with Gasteiger partial charge in [0.25, 0.3) is 5.91 Å². The summed E-state index contributed by atoms with van der Waals surface area (Å²) in [5.74, 6) is 0.424. The Morgan fingerprint density at radius 2 is 2.13 bits per heavy atom. The number of nitrogens with zero attached hydrogens (tertiary/aromatic N) is 6. The van der Waals surface area contributed by atoms with Crippen molar-refractivity contribution in [3.05, 3.63) is 58.8 Å². The fourth-order valence-corrected chi connectivity index (χ4v) is 3.24. The van der Waals surface area contributed by atoms with E-state index >= 15 is 0 Å². The van der Waals surface area contributed by atoms with Crippen molar-refractivity contribution in [3.63, 3.8) is 0 Å². The van der Waals surface area contributed by atoms with Gasteiger partial charge in [0.15, 0.2) is 0 Å². The molecule has 0 spiro atoms. The number of halogens is 1. The van der Waals surface area contributed by atoms with Crippen molar-refractivity contribution in [1.82, 2.24) is 24.6 Å². The van der Waals surface area contributed by atoms with Crippen LogP contribution in [0.2, 0.25) is 5.02 Å². The van der Waals surface area contributed by atoms with Crippen LogP contribution in [0.5, 0.6) is 0 Å². The molecule has 3 rings (SSSR count). The zero-order valence-electron chi connectivity index (χ0n) is 16.6. The quantitative estimate of drug-likeness (QED) is 0.628. The van der Waals surface area contributed by atoms with Crippen molar-refractivity contribution >= 4 is 17.5 Å². The SMILES string of the molecule is Cc1nc(C(=O)N[C@@H](C)Cn2ccc(-c3ccc(C#N)c(Cl)c3)n2)cn1CCC#N. The van der Waals surface area contributed by atoms with Crippen molar-refractivity contribution in [3.8, 4) is 23.4 Å². The molecule has 30 heavy (non-hydrogen) atoms. The highest BCUT2D eigenvalue weighted by Gasteiger charge is 2.15. The molecular formula is C21H20ClN7O. The number of amides is 1. The van der Waals surface area contributed by atoms with Crippen LogP contribution in [0.15, 0.2) is 36.7 Å². The number of benzene rings is 1. The Labute approximate surface area is 179 Å². The zero-order valence-corrected chi connectivity index (χ0v) is 17.4. The molecule has 2 heterocycles. The fourth-order valence-electron chi connectivity index (χ4n) is 3.02. The lowest BCUT2D eigenvalue weighted by Crippen LogP contribution is -2.36. The summed E-state index contributed by atoms with van der Waals surface area (Å²) in [7, 11) is 0. The van der Waals surface area contributed by atoms with Crippen molar-refractivity contribution in [2.24, 2.45) is 0 Å². The van der Waals surface area contributed by atoms with Crippen LogP contribution in [0.4, 0.5) is 0 Å². The van der Waals surface area contributed by atoms with E-state index in [1.807, 2.05) is 25.3 Å². The summed E-state index contributed by atoms with van der Waals surface area (Å²) in [5, 5.41) is 25.5. The Morgan fingerprint density at radius 3 is 2.83 bits per heavy atom. The van der Waals surface area contributed by atoms with E-state index < -0.39 is 0 Å². The number of carbonyl (C=O) groups excluding carboxylic acids is 1. The standard InChI is InChI=1S/C21H20ClN7O/c1-14(25-21(30)20-13-28(8-3-7-23)15(2)26-20)12-29-9-6-19(27-29)16-4-5-17(11-24)18(22)10-16/h4-6,9-10,13-14H,3,8,12H2,1-2H3,(H,25,30)/t14-/m0/s1. The molecule has 0 saturated heterocycles. The molecular weight excluding hydrogens is 402 g/mol. The molecule has 0 bridgehead atoms. The number of hydrogen-bond acceptors (Lipinski definition) is 5. The molecule has 1 amide bonds. The number of nitriles is 2. The highest BCUT2D eigenvalue weighted by Crippen LogP contribution is 2.24. The number of nitrogens with one attached hydrogen (secondary N) is 1. The maximum Gasteiger partial charge on any atom is 0.271 e. The number of hydrogen-bond donors (Lipinski definition) is 1. The van der Waals surface area contributed by atoms with E-state index in [2.05, 4.69) is 21.5 Å². The van der Waals surface area contributed by atoms with E-state index in [9.17, 15) is 4.79 Å². The number of aromatic nitrogens is 4. The molecule has 1 aromatic carbocycles. The van der Waals surface area contributed by atoms with E-state index in [-0.39, 0.29) is 11.9 Å². The third-order valence-corrected chi connectivity index (χ3v) is 4.85. The maximum absolute atomic E-state index is 12.5. The van der Waals surface area contributed by atoms with Gasteiger partial charge in [-0.15, -0.1) is 0 Å². The summed E-state index contributed by atoms with van der Waals surface area (Å²) in [6.45, 7) is 4.67. The van der Waals surface area contributed by atoms with Gasteiger partial charge in [-0.1, -0.05) is 17.7 Å². The molecule has 0 aliphatic carbocycles. The lowest BCUT2D eigenvalue weighted by Gasteiger charge is -2.13. The minimum atomic E-state index is -0.271. The number of rotatable bonds is 7. The summed E-state index contributed by atoms with van der Waals surface area (Å²) in [6.07, 6.45) is 3.85. The van der Waals surface area contributed by atoms with Crippen LogP contribution in [-0.2, 0) is 13.1 Å². The molecule has 9 heteroatoms. The topological polar surface area (TPSA) is 112 Å². The molecule has 8 nitrogen and oxygen atoms in total. The van der Waals surface area contributed by atoms with E-state index in [4.69, 9.17) is 22.1 Å². The highest BCUT2D eigenvalue weighted by atomic mass is 35.5. The third kappa shape index (κ3) is 4.86.